The fourth-order valence-electron chi connectivity index (χ4n) is 2.34. The van der Waals surface area contributed by atoms with E-state index in [0.29, 0.717) is 19.8 Å². The Morgan fingerprint density at radius 3 is 2.59 bits per heavy atom. The predicted octanol–water partition coefficient (Wildman–Crippen LogP) is 1.29. The molecule has 0 spiro atoms. The van der Waals surface area contributed by atoms with Crippen molar-refractivity contribution in [3.63, 3.8) is 0 Å². The van der Waals surface area contributed by atoms with E-state index in [1.807, 2.05) is 13.8 Å². The van der Waals surface area contributed by atoms with Crippen LogP contribution in [0.2, 0.25) is 5.02 Å². The van der Waals surface area contributed by atoms with Crippen LogP contribution < -0.4 is 5.32 Å². The van der Waals surface area contributed by atoms with Crippen LogP contribution in [0.25, 0.3) is 0 Å². The van der Waals surface area contributed by atoms with Crippen LogP contribution in [0.3, 0.4) is 0 Å². The van der Waals surface area contributed by atoms with Crippen molar-refractivity contribution in [2.45, 2.75) is 18.7 Å². The van der Waals surface area contributed by atoms with E-state index in [2.05, 4.69) is 5.32 Å². The molecular formula is C17H23ClN2O6S. The molecule has 1 aromatic carbocycles. The highest BCUT2D eigenvalue weighted by atomic mass is 35.5. The monoisotopic (exact) mass is 418 g/mol. The fourth-order valence-corrected chi connectivity index (χ4v) is 3.96. The minimum atomic E-state index is -3.78. The second kappa shape index (κ2) is 9.50. The third-order valence-electron chi connectivity index (χ3n) is 3.81. The number of morpholine rings is 1. The zero-order chi connectivity index (χ0) is 20.0. The van der Waals surface area contributed by atoms with Crippen molar-refractivity contribution in [3.05, 3.63) is 28.8 Å². The molecule has 1 aromatic rings. The van der Waals surface area contributed by atoms with Gasteiger partial charge in [0.2, 0.25) is 10.0 Å². The first kappa shape index (κ1) is 21.6. The molecule has 0 radical (unpaired) electrons. The summed E-state index contributed by atoms with van der Waals surface area (Å²) in [6.45, 7) is 4.97. The highest BCUT2D eigenvalue weighted by molar-refractivity contribution is 7.89. The van der Waals surface area contributed by atoms with Gasteiger partial charge in [-0.2, -0.15) is 4.31 Å². The van der Waals surface area contributed by atoms with E-state index in [-0.39, 0.29) is 34.5 Å². The fraction of sp³-hybridized carbons (Fsp3) is 0.529. The Kier molecular flexibility index (Phi) is 7.60. The molecule has 0 bridgehead atoms. The van der Waals surface area contributed by atoms with E-state index in [1.54, 1.807) is 0 Å². The number of nitrogens with one attached hydrogen (secondary N) is 1. The van der Waals surface area contributed by atoms with Crippen molar-refractivity contribution in [1.82, 2.24) is 9.62 Å². The predicted molar refractivity (Wildman–Crippen MR) is 99.2 cm³/mol. The maximum atomic E-state index is 12.7. The van der Waals surface area contributed by atoms with Gasteiger partial charge >= 0.3 is 5.97 Å². The topological polar surface area (TPSA) is 102 Å². The number of carbonyl (C=O) groups is 2. The third-order valence-corrected chi connectivity index (χ3v) is 6.03. The van der Waals surface area contributed by atoms with E-state index < -0.39 is 28.5 Å². The Balaban J connectivity index is 2.10. The number of hydrogen-bond acceptors (Lipinski definition) is 6. The standard InChI is InChI=1S/C17H23ClN2O6S/c1-12(2)10-19-16(21)11-26-17(22)14-9-13(3-4-15(14)18)27(23,24)20-5-7-25-8-6-20/h3-4,9,12H,5-8,10-11H2,1-2H3,(H,19,21). The van der Waals surface area contributed by atoms with Crippen molar-refractivity contribution >= 4 is 33.5 Å². The summed E-state index contributed by atoms with van der Waals surface area (Å²) in [5.74, 6) is -1.04. The van der Waals surface area contributed by atoms with Gasteiger partial charge < -0.3 is 14.8 Å². The molecule has 1 saturated heterocycles. The lowest BCUT2D eigenvalue weighted by Gasteiger charge is -2.26. The smallest absolute Gasteiger partial charge is 0.340 e. The summed E-state index contributed by atoms with van der Waals surface area (Å²) in [5, 5.41) is 2.66. The summed E-state index contributed by atoms with van der Waals surface area (Å²) in [7, 11) is -3.78. The summed E-state index contributed by atoms with van der Waals surface area (Å²) in [6, 6.07) is 3.82. The van der Waals surface area contributed by atoms with Crippen LogP contribution >= 0.6 is 11.6 Å². The molecule has 27 heavy (non-hydrogen) atoms. The Labute approximate surface area is 163 Å². The molecule has 0 atom stereocenters. The van der Waals surface area contributed by atoms with Gasteiger partial charge in [-0.3, -0.25) is 4.79 Å². The number of ether oxygens (including phenoxy) is 2. The Hall–Kier alpha value is -1.68. The van der Waals surface area contributed by atoms with Crippen molar-refractivity contribution in [1.29, 1.82) is 0 Å². The number of nitrogens with zero attached hydrogens (tertiary/aromatic N) is 1. The van der Waals surface area contributed by atoms with Gasteiger partial charge in [0, 0.05) is 19.6 Å². The number of hydrogen-bond donors (Lipinski definition) is 1. The summed E-state index contributed by atoms with van der Waals surface area (Å²) >= 11 is 6.02. The van der Waals surface area contributed by atoms with Gasteiger partial charge in [0.15, 0.2) is 6.61 Å². The molecule has 0 aromatic heterocycles. The van der Waals surface area contributed by atoms with Gasteiger partial charge in [-0.15, -0.1) is 0 Å². The number of amides is 1. The molecule has 150 valence electrons. The zero-order valence-electron chi connectivity index (χ0n) is 15.2. The van der Waals surface area contributed by atoms with Crippen LogP contribution in [-0.2, 0) is 24.3 Å². The highest BCUT2D eigenvalue weighted by Gasteiger charge is 2.28. The lowest BCUT2D eigenvalue weighted by molar-refractivity contribution is -0.124. The van der Waals surface area contributed by atoms with E-state index in [1.165, 1.54) is 22.5 Å². The Morgan fingerprint density at radius 1 is 1.30 bits per heavy atom. The van der Waals surface area contributed by atoms with Crippen LogP contribution in [0.15, 0.2) is 23.1 Å². The molecule has 1 amide bonds. The first-order valence-electron chi connectivity index (χ1n) is 8.53. The molecule has 1 N–H and O–H groups in total. The number of esters is 1. The average molecular weight is 419 g/mol. The maximum absolute atomic E-state index is 12.7. The Morgan fingerprint density at radius 2 is 1.96 bits per heavy atom. The van der Waals surface area contributed by atoms with Crippen molar-refractivity contribution < 1.29 is 27.5 Å². The molecule has 1 heterocycles. The minimum absolute atomic E-state index is 0.0449. The van der Waals surface area contributed by atoms with Crippen molar-refractivity contribution in [2.75, 3.05) is 39.5 Å². The van der Waals surface area contributed by atoms with E-state index in [0.717, 1.165) is 0 Å². The van der Waals surface area contributed by atoms with Crippen molar-refractivity contribution in [3.8, 4) is 0 Å². The summed E-state index contributed by atoms with van der Waals surface area (Å²) in [4.78, 5) is 23.8. The van der Waals surface area contributed by atoms with E-state index in [9.17, 15) is 18.0 Å². The average Bonchev–Trinajstić information content (AvgIpc) is 2.65. The Bertz CT molecular complexity index is 791. The molecule has 1 fully saturated rings. The lowest BCUT2D eigenvalue weighted by Crippen LogP contribution is -2.40. The minimum Gasteiger partial charge on any atom is -0.452 e. The number of benzene rings is 1. The molecule has 1 aliphatic heterocycles. The van der Waals surface area contributed by atoms with Crippen LogP contribution in [0, 0.1) is 5.92 Å². The van der Waals surface area contributed by atoms with Crippen LogP contribution in [0.5, 0.6) is 0 Å². The number of carbonyl (C=O) groups excluding carboxylic acids is 2. The van der Waals surface area contributed by atoms with Gasteiger partial charge in [-0.25, -0.2) is 13.2 Å². The summed E-state index contributed by atoms with van der Waals surface area (Å²) < 4.78 is 36.8. The van der Waals surface area contributed by atoms with Gasteiger partial charge in [0.25, 0.3) is 5.91 Å². The van der Waals surface area contributed by atoms with Gasteiger partial charge in [0.05, 0.1) is 28.7 Å². The number of rotatable bonds is 7. The van der Waals surface area contributed by atoms with Crippen LogP contribution in [0.4, 0.5) is 0 Å². The first-order valence-corrected chi connectivity index (χ1v) is 10.3. The van der Waals surface area contributed by atoms with E-state index >= 15 is 0 Å². The van der Waals surface area contributed by atoms with Gasteiger partial charge in [-0.1, -0.05) is 25.4 Å². The SMILES string of the molecule is CC(C)CNC(=O)COC(=O)c1cc(S(=O)(=O)N2CCOCC2)ccc1Cl. The molecular weight excluding hydrogens is 396 g/mol. The molecule has 0 saturated carbocycles. The van der Waals surface area contributed by atoms with Gasteiger partial charge in [-0.05, 0) is 24.1 Å². The number of sulfonamides is 1. The summed E-state index contributed by atoms with van der Waals surface area (Å²) in [6.07, 6.45) is 0. The third kappa shape index (κ3) is 5.90. The molecule has 1 aliphatic rings. The normalized spacial score (nSPS) is 15.6. The van der Waals surface area contributed by atoms with E-state index in [4.69, 9.17) is 21.1 Å². The second-order valence-electron chi connectivity index (χ2n) is 6.43. The van der Waals surface area contributed by atoms with Crippen molar-refractivity contribution in [2.24, 2.45) is 5.92 Å². The maximum Gasteiger partial charge on any atom is 0.340 e. The number of halogens is 1. The van der Waals surface area contributed by atoms with Gasteiger partial charge in [0.1, 0.15) is 0 Å². The highest BCUT2D eigenvalue weighted by Crippen LogP contribution is 2.24. The lowest BCUT2D eigenvalue weighted by atomic mass is 10.2. The molecule has 8 nitrogen and oxygen atoms in total. The molecule has 0 unspecified atom stereocenters. The second-order valence-corrected chi connectivity index (χ2v) is 8.78. The molecule has 0 aliphatic carbocycles. The quantitative estimate of drug-likeness (QED) is 0.669. The summed E-state index contributed by atoms with van der Waals surface area (Å²) in [5.41, 5.74) is -0.109. The largest absolute Gasteiger partial charge is 0.452 e. The molecule has 2 rings (SSSR count). The zero-order valence-corrected chi connectivity index (χ0v) is 16.8. The molecule has 10 heteroatoms. The van der Waals surface area contributed by atoms with Crippen LogP contribution in [-0.4, -0.2) is 64.1 Å². The van der Waals surface area contributed by atoms with Crippen LogP contribution in [0.1, 0.15) is 24.2 Å². The first-order chi connectivity index (χ1) is 12.7.